The Kier molecular flexibility index (Phi) is 7.91. The van der Waals surface area contributed by atoms with Crippen molar-refractivity contribution in [2.45, 2.75) is 25.7 Å². The summed E-state index contributed by atoms with van der Waals surface area (Å²) in [5, 5.41) is 5.02. The summed E-state index contributed by atoms with van der Waals surface area (Å²) in [7, 11) is 0. The number of hydrogen-bond acceptors (Lipinski definition) is 4. The van der Waals surface area contributed by atoms with E-state index in [9.17, 15) is 19.2 Å². The third-order valence-electron chi connectivity index (χ3n) is 1.92. The smallest absolute Gasteiger partial charge is 0.229 e. The highest BCUT2D eigenvalue weighted by Crippen LogP contribution is 1.87. The third kappa shape index (κ3) is 10.4. The fourth-order valence-electron chi connectivity index (χ4n) is 1.15. The fraction of sp³-hybridized carbons (Fsp3) is 0.600. The number of carbonyl (C=O) groups is 4. The number of nitrogens with one attached hydrogen (secondary N) is 2. The van der Waals surface area contributed by atoms with Crippen LogP contribution in [0.5, 0.6) is 0 Å². The number of primary amides is 2. The van der Waals surface area contributed by atoms with Crippen LogP contribution in [0, 0.1) is 0 Å². The molecule has 0 saturated carbocycles. The summed E-state index contributed by atoms with van der Waals surface area (Å²) in [6.45, 7) is 0.801. The highest BCUT2D eigenvalue weighted by Gasteiger charge is 2.05. The van der Waals surface area contributed by atoms with Crippen molar-refractivity contribution in [1.29, 1.82) is 0 Å². The first-order chi connectivity index (χ1) is 8.41. The minimum Gasteiger partial charge on any atom is -0.369 e. The Labute approximate surface area is 104 Å². The molecule has 0 aliphatic carbocycles. The molecule has 0 fully saturated rings. The molecule has 0 saturated heterocycles. The van der Waals surface area contributed by atoms with Crippen LogP contribution in [0.15, 0.2) is 0 Å². The van der Waals surface area contributed by atoms with Crippen LogP contribution in [0.3, 0.4) is 0 Å². The molecule has 0 aromatic heterocycles. The van der Waals surface area contributed by atoms with Crippen LogP contribution in [0.2, 0.25) is 0 Å². The van der Waals surface area contributed by atoms with Crippen molar-refractivity contribution in [3.63, 3.8) is 0 Å². The van der Waals surface area contributed by atoms with Crippen molar-refractivity contribution in [2.24, 2.45) is 11.5 Å². The first kappa shape index (κ1) is 15.9. The molecule has 8 heteroatoms. The average molecular weight is 258 g/mol. The summed E-state index contributed by atoms with van der Waals surface area (Å²) in [6.07, 6.45) is 0.632. The minimum absolute atomic E-state index is 0.324. The van der Waals surface area contributed by atoms with Crippen molar-refractivity contribution in [2.75, 3.05) is 13.1 Å². The summed E-state index contributed by atoms with van der Waals surface area (Å²) in [5.41, 5.74) is 9.67. The zero-order valence-electron chi connectivity index (χ0n) is 10.0. The van der Waals surface area contributed by atoms with E-state index in [0.29, 0.717) is 25.9 Å². The van der Waals surface area contributed by atoms with Crippen molar-refractivity contribution in [3.05, 3.63) is 0 Å². The summed E-state index contributed by atoms with van der Waals surface area (Å²) in [6, 6.07) is 0. The van der Waals surface area contributed by atoms with Crippen molar-refractivity contribution in [1.82, 2.24) is 10.6 Å². The summed E-state index contributed by atoms with van der Waals surface area (Å²) in [5.74, 6) is -2.18. The Morgan fingerprint density at radius 2 is 1.06 bits per heavy atom. The zero-order valence-corrected chi connectivity index (χ0v) is 10.0. The van der Waals surface area contributed by atoms with E-state index in [0.717, 1.165) is 0 Å². The van der Waals surface area contributed by atoms with Crippen LogP contribution in [-0.2, 0) is 19.2 Å². The Bertz CT molecular complexity index is 298. The molecule has 0 spiro atoms. The second-order valence-electron chi connectivity index (χ2n) is 3.69. The van der Waals surface area contributed by atoms with Crippen LogP contribution >= 0.6 is 0 Å². The van der Waals surface area contributed by atoms with Gasteiger partial charge >= 0.3 is 0 Å². The van der Waals surface area contributed by atoms with Gasteiger partial charge < -0.3 is 22.1 Å². The summed E-state index contributed by atoms with van der Waals surface area (Å²) in [4.78, 5) is 42.7. The zero-order chi connectivity index (χ0) is 14.0. The van der Waals surface area contributed by atoms with E-state index >= 15 is 0 Å². The molecule has 0 bridgehead atoms. The molecule has 0 heterocycles. The number of nitrogens with two attached hydrogens (primary N) is 2. The minimum atomic E-state index is -0.675. The lowest BCUT2D eigenvalue weighted by atomic mass is 10.3. The molecule has 0 aliphatic rings. The van der Waals surface area contributed by atoms with Crippen LogP contribution < -0.4 is 22.1 Å². The lowest BCUT2D eigenvalue weighted by Crippen LogP contribution is -2.31. The van der Waals surface area contributed by atoms with E-state index < -0.39 is 23.6 Å². The molecular formula is C10H18N4O4. The van der Waals surface area contributed by atoms with Crippen molar-refractivity contribution in [3.8, 4) is 0 Å². The number of amides is 4. The lowest BCUT2D eigenvalue weighted by Gasteiger charge is -2.05. The monoisotopic (exact) mass is 258 g/mol. The maximum absolute atomic E-state index is 11.0. The fourth-order valence-corrected chi connectivity index (χ4v) is 1.15. The Morgan fingerprint density at radius 1 is 0.722 bits per heavy atom. The van der Waals surface area contributed by atoms with Crippen LogP contribution in [-0.4, -0.2) is 36.7 Å². The molecule has 0 atom stereocenters. The van der Waals surface area contributed by atoms with Crippen molar-refractivity contribution < 1.29 is 19.2 Å². The molecule has 18 heavy (non-hydrogen) atoms. The molecule has 8 nitrogen and oxygen atoms in total. The molecule has 6 N–H and O–H groups in total. The molecule has 4 amide bonds. The largest absolute Gasteiger partial charge is 0.369 e. The highest BCUT2D eigenvalue weighted by molar-refractivity contribution is 5.96. The predicted octanol–water partition coefficient (Wildman–Crippen LogP) is -2.25. The molecular weight excluding hydrogens is 240 g/mol. The summed E-state index contributed by atoms with van der Waals surface area (Å²) < 4.78 is 0. The van der Waals surface area contributed by atoms with Gasteiger partial charge in [-0.25, -0.2) is 0 Å². The number of rotatable bonds is 9. The molecule has 102 valence electrons. The van der Waals surface area contributed by atoms with E-state index in [2.05, 4.69) is 10.6 Å². The first-order valence-electron chi connectivity index (χ1n) is 5.52. The Morgan fingerprint density at radius 3 is 1.33 bits per heavy atom. The lowest BCUT2D eigenvalue weighted by molar-refractivity contribution is -0.129. The normalized spacial score (nSPS) is 9.56. The van der Waals surface area contributed by atoms with Gasteiger partial charge in [-0.15, -0.1) is 0 Å². The number of hydrogen-bond donors (Lipinski definition) is 4. The Balaban J connectivity index is 3.41. The Hall–Kier alpha value is -2.12. The van der Waals surface area contributed by atoms with E-state index in [1.165, 1.54) is 0 Å². The van der Waals surface area contributed by atoms with E-state index in [4.69, 9.17) is 11.5 Å². The van der Waals surface area contributed by atoms with Crippen LogP contribution in [0.1, 0.15) is 25.7 Å². The topological polar surface area (TPSA) is 144 Å². The number of unbranched alkanes of at least 4 members (excludes halogenated alkanes) is 1. The van der Waals surface area contributed by atoms with Gasteiger partial charge in [0.15, 0.2) is 0 Å². The van der Waals surface area contributed by atoms with Gasteiger partial charge in [0.05, 0.1) is 0 Å². The predicted molar refractivity (Wildman–Crippen MR) is 62.9 cm³/mol. The standard InChI is InChI=1S/C10H18N4O4/c11-7(15)5-9(17)13-3-1-2-4-14-10(18)6-8(12)16/h1-6H2,(H2,11,15)(H2,12,16)(H,13,17)(H,14,18). The number of carbonyl (C=O) groups excluding carboxylic acids is 4. The van der Waals surface area contributed by atoms with Gasteiger partial charge in [0.2, 0.25) is 23.6 Å². The molecule has 0 aromatic rings. The maximum atomic E-state index is 11.0. The van der Waals surface area contributed by atoms with E-state index in [1.54, 1.807) is 0 Å². The molecule has 0 unspecified atom stereocenters. The van der Waals surface area contributed by atoms with Gasteiger partial charge in [-0.2, -0.15) is 0 Å². The van der Waals surface area contributed by atoms with Gasteiger partial charge in [-0.1, -0.05) is 0 Å². The molecule has 0 aromatic carbocycles. The van der Waals surface area contributed by atoms with Gasteiger partial charge in [0, 0.05) is 13.1 Å². The highest BCUT2D eigenvalue weighted by atomic mass is 16.2. The first-order valence-corrected chi connectivity index (χ1v) is 5.52. The van der Waals surface area contributed by atoms with Gasteiger partial charge in [0.25, 0.3) is 0 Å². The van der Waals surface area contributed by atoms with Gasteiger partial charge in [-0.3, -0.25) is 19.2 Å². The molecule has 0 aliphatic heterocycles. The third-order valence-corrected chi connectivity index (χ3v) is 1.92. The average Bonchev–Trinajstić information content (AvgIpc) is 2.20. The van der Waals surface area contributed by atoms with Gasteiger partial charge in [0.1, 0.15) is 12.8 Å². The molecule has 0 rings (SSSR count). The maximum Gasteiger partial charge on any atom is 0.229 e. The van der Waals surface area contributed by atoms with E-state index in [-0.39, 0.29) is 12.8 Å². The van der Waals surface area contributed by atoms with Gasteiger partial charge in [-0.05, 0) is 12.8 Å². The second-order valence-corrected chi connectivity index (χ2v) is 3.69. The van der Waals surface area contributed by atoms with E-state index in [1.807, 2.05) is 0 Å². The summed E-state index contributed by atoms with van der Waals surface area (Å²) >= 11 is 0. The molecule has 0 radical (unpaired) electrons. The SMILES string of the molecule is NC(=O)CC(=O)NCCCCNC(=O)CC(N)=O. The quantitative estimate of drug-likeness (QED) is 0.273. The van der Waals surface area contributed by atoms with Crippen molar-refractivity contribution >= 4 is 23.6 Å². The van der Waals surface area contributed by atoms with Crippen LogP contribution in [0.25, 0.3) is 0 Å². The van der Waals surface area contributed by atoms with Crippen LogP contribution in [0.4, 0.5) is 0 Å². The second kappa shape index (κ2) is 8.97.